The highest BCUT2D eigenvalue weighted by Gasteiger charge is 2.16. The first kappa shape index (κ1) is 17.0. The number of aliphatic hydroxyl groups excluding tert-OH is 1. The highest BCUT2D eigenvalue weighted by atomic mass is 19.3. The Morgan fingerprint density at radius 1 is 1.00 bits per heavy atom. The van der Waals surface area contributed by atoms with E-state index < -0.39 is 12.7 Å². The smallest absolute Gasteiger partial charge is 0.387 e. The van der Waals surface area contributed by atoms with Crippen LogP contribution in [0.2, 0.25) is 0 Å². The number of rotatable bonds is 7. The van der Waals surface area contributed by atoms with Crippen molar-refractivity contribution in [1.82, 2.24) is 14.8 Å². The normalized spacial score (nSPS) is 12.3. The molecule has 0 saturated carbocycles. The lowest BCUT2D eigenvalue weighted by Gasteiger charge is -2.13. The van der Waals surface area contributed by atoms with Crippen LogP contribution >= 0.6 is 0 Å². The van der Waals surface area contributed by atoms with Gasteiger partial charge in [-0.05, 0) is 23.3 Å². The van der Waals surface area contributed by atoms with Gasteiger partial charge < -0.3 is 14.4 Å². The number of hydrogen-bond donors (Lipinski definition) is 1. The van der Waals surface area contributed by atoms with Crippen molar-refractivity contribution in [3.63, 3.8) is 0 Å². The minimum Gasteiger partial charge on any atom is -0.435 e. The van der Waals surface area contributed by atoms with E-state index in [1.165, 1.54) is 12.1 Å². The molecule has 0 aliphatic carbocycles. The van der Waals surface area contributed by atoms with Crippen molar-refractivity contribution in [2.24, 2.45) is 0 Å². The van der Waals surface area contributed by atoms with Crippen molar-refractivity contribution >= 4 is 0 Å². The quantitative estimate of drug-likeness (QED) is 0.714. The molecule has 3 rings (SSSR count). The lowest BCUT2D eigenvalue weighted by atomic mass is 10.1. The topological polar surface area (TPSA) is 60.2 Å². The van der Waals surface area contributed by atoms with Crippen LogP contribution in [0.15, 0.2) is 60.9 Å². The second-order valence-electron chi connectivity index (χ2n) is 5.55. The largest absolute Gasteiger partial charge is 0.435 e. The van der Waals surface area contributed by atoms with Gasteiger partial charge in [-0.3, -0.25) is 0 Å². The fraction of sp³-hybridized carbons (Fsp3) is 0.222. The second kappa shape index (κ2) is 7.85. The van der Waals surface area contributed by atoms with Gasteiger partial charge in [0.05, 0.1) is 6.54 Å². The van der Waals surface area contributed by atoms with E-state index in [1.54, 1.807) is 23.0 Å². The molecule has 1 aromatic heterocycles. The van der Waals surface area contributed by atoms with Gasteiger partial charge in [-0.25, -0.2) is 0 Å². The molecule has 7 heteroatoms. The molecule has 1 atom stereocenters. The molecule has 0 aliphatic heterocycles. The van der Waals surface area contributed by atoms with E-state index in [0.717, 1.165) is 11.1 Å². The lowest BCUT2D eigenvalue weighted by molar-refractivity contribution is -0.0498. The van der Waals surface area contributed by atoms with Crippen molar-refractivity contribution in [3.05, 3.63) is 77.9 Å². The minimum absolute atomic E-state index is 0.0838. The maximum Gasteiger partial charge on any atom is 0.387 e. The molecular formula is C18H17F2N3O2. The Labute approximate surface area is 143 Å². The van der Waals surface area contributed by atoms with Gasteiger partial charge in [-0.2, -0.15) is 8.78 Å². The molecule has 25 heavy (non-hydrogen) atoms. The standard InChI is InChI=1S/C18H17F2N3O2/c19-18(20)25-15-8-6-13(7-9-15)10-16(24)17-22-21-12-23(17)11-14-4-2-1-3-5-14/h1-9,12,16,18,24H,10-11H2. The third-order valence-electron chi connectivity index (χ3n) is 3.72. The number of hydrogen-bond acceptors (Lipinski definition) is 4. The average molecular weight is 345 g/mol. The molecule has 2 aromatic carbocycles. The summed E-state index contributed by atoms with van der Waals surface area (Å²) >= 11 is 0. The summed E-state index contributed by atoms with van der Waals surface area (Å²) in [6.07, 6.45) is 1.01. The monoisotopic (exact) mass is 345 g/mol. The van der Waals surface area contributed by atoms with Crippen molar-refractivity contribution in [2.45, 2.75) is 25.7 Å². The summed E-state index contributed by atoms with van der Waals surface area (Å²) < 4.78 is 30.4. The van der Waals surface area contributed by atoms with Crippen molar-refractivity contribution in [2.75, 3.05) is 0 Å². The van der Waals surface area contributed by atoms with Crippen LogP contribution in [-0.4, -0.2) is 26.5 Å². The van der Waals surface area contributed by atoms with E-state index in [1.807, 2.05) is 30.3 Å². The average Bonchev–Trinajstić information content (AvgIpc) is 3.05. The number of aliphatic hydroxyl groups is 1. The van der Waals surface area contributed by atoms with Gasteiger partial charge in [0.25, 0.3) is 0 Å². The van der Waals surface area contributed by atoms with Crippen molar-refractivity contribution in [3.8, 4) is 5.75 Å². The minimum atomic E-state index is -2.85. The molecule has 5 nitrogen and oxygen atoms in total. The summed E-state index contributed by atoms with van der Waals surface area (Å²) in [4.78, 5) is 0. The van der Waals surface area contributed by atoms with E-state index in [9.17, 15) is 13.9 Å². The maximum atomic E-state index is 12.2. The zero-order chi connectivity index (χ0) is 17.6. The SMILES string of the molecule is OC(Cc1ccc(OC(F)F)cc1)c1nncn1Cc1ccccc1. The molecule has 0 aliphatic rings. The molecule has 1 unspecified atom stereocenters. The van der Waals surface area contributed by atoms with Crippen molar-refractivity contribution in [1.29, 1.82) is 0 Å². The molecule has 0 bridgehead atoms. The Morgan fingerprint density at radius 2 is 1.72 bits per heavy atom. The first-order valence-electron chi connectivity index (χ1n) is 7.75. The second-order valence-corrected chi connectivity index (χ2v) is 5.55. The van der Waals surface area contributed by atoms with Gasteiger partial charge in [-0.15, -0.1) is 10.2 Å². The van der Waals surface area contributed by atoms with Crippen LogP contribution in [0.3, 0.4) is 0 Å². The third kappa shape index (κ3) is 4.60. The van der Waals surface area contributed by atoms with Crippen LogP contribution in [0.4, 0.5) is 8.78 Å². The summed E-state index contributed by atoms with van der Waals surface area (Å²) in [5.74, 6) is 0.539. The first-order valence-corrected chi connectivity index (χ1v) is 7.75. The summed E-state index contributed by atoms with van der Waals surface area (Å²) in [7, 11) is 0. The molecule has 1 N–H and O–H groups in total. The van der Waals surface area contributed by atoms with Crippen LogP contribution < -0.4 is 4.74 Å². The van der Waals surface area contributed by atoms with Gasteiger partial charge in [0.15, 0.2) is 5.82 Å². The fourth-order valence-electron chi connectivity index (χ4n) is 2.55. The molecule has 0 spiro atoms. The Balaban J connectivity index is 1.67. The molecule has 3 aromatic rings. The van der Waals surface area contributed by atoms with E-state index >= 15 is 0 Å². The number of nitrogens with zero attached hydrogens (tertiary/aromatic N) is 3. The Bertz CT molecular complexity index is 792. The predicted molar refractivity (Wildman–Crippen MR) is 87.3 cm³/mol. The Morgan fingerprint density at radius 3 is 2.40 bits per heavy atom. The zero-order valence-corrected chi connectivity index (χ0v) is 13.3. The van der Waals surface area contributed by atoms with Crippen LogP contribution in [0.1, 0.15) is 23.1 Å². The highest BCUT2D eigenvalue weighted by Crippen LogP contribution is 2.20. The van der Waals surface area contributed by atoms with Crippen molar-refractivity contribution < 1.29 is 18.6 Å². The number of benzene rings is 2. The molecule has 0 radical (unpaired) electrons. The molecular weight excluding hydrogens is 328 g/mol. The molecule has 0 saturated heterocycles. The van der Waals surface area contributed by atoms with Crippen LogP contribution in [0.25, 0.3) is 0 Å². The third-order valence-corrected chi connectivity index (χ3v) is 3.72. The number of ether oxygens (including phenoxy) is 1. The summed E-state index contributed by atoms with van der Waals surface area (Å²) in [5.41, 5.74) is 1.85. The van der Waals surface area contributed by atoms with Crippen LogP contribution in [0, 0.1) is 0 Å². The van der Waals surface area contributed by atoms with Gasteiger partial charge in [0.1, 0.15) is 18.2 Å². The predicted octanol–water partition coefficient (Wildman–Crippen LogP) is 3.20. The van der Waals surface area contributed by atoms with Gasteiger partial charge in [0.2, 0.25) is 0 Å². The summed E-state index contributed by atoms with van der Waals surface area (Å²) in [5, 5.41) is 18.3. The van der Waals surface area contributed by atoms with Crippen LogP contribution in [0.5, 0.6) is 5.75 Å². The number of aromatic nitrogens is 3. The zero-order valence-electron chi connectivity index (χ0n) is 13.3. The van der Waals surface area contributed by atoms with Crippen LogP contribution in [-0.2, 0) is 13.0 Å². The fourth-order valence-corrected chi connectivity index (χ4v) is 2.55. The van der Waals surface area contributed by atoms with E-state index in [0.29, 0.717) is 18.8 Å². The molecule has 130 valence electrons. The Kier molecular flexibility index (Phi) is 5.35. The van der Waals surface area contributed by atoms with Gasteiger partial charge >= 0.3 is 6.61 Å². The molecule has 0 fully saturated rings. The first-order chi connectivity index (χ1) is 12.1. The summed E-state index contributed by atoms with van der Waals surface area (Å²) in [6.45, 7) is -2.30. The van der Waals surface area contributed by atoms with E-state index in [-0.39, 0.29) is 5.75 Å². The highest BCUT2D eigenvalue weighted by molar-refractivity contribution is 5.28. The van der Waals surface area contributed by atoms with Gasteiger partial charge in [0, 0.05) is 6.42 Å². The molecule has 0 amide bonds. The summed E-state index contributed by atoms with van der Waals surface area (Å²) in [6, 6.07) is 16.0. The van der Waals surface area contributed by atoms with E-state index in [4.69, 9.17) is 0 Å². The number of halogens is 2. The molecule has 1 heterocycles. The van der Waals surface area contributed by atoms with E-state index in [2.05, 4.69) is 14.9 Å². The maximum absolute atomic E-state index is 12.2. The lowest BCUT2D eigenvalue weighted by Crippen LogP contribution is -2.11. The van der Waals surface area contributed by atoms with Gasteiger partial charge in [-0.1, -0.05) is 42.5 Å². The number of alkyl halides is 2. The Hall–Kier alpha value is -2.80.